The van der Waals surface area contributed by atoms with Gasteiger partial charge in [-0.05, 0) is 29.6 Å². The summed E-state index contributed by atoms with van der Waals surface area (Å²) in [6.45, 7) is 0.585. The van der Waals surface area contributed by atoms with Gasteiger partial charge in [0.2, 0.25) is 0 Å². The standard InChI is InChI=1S/C11H15N5O2/c1-12-7-11-13-14-15-16(11)8-4-5-9(17-2)10(6-8)18-3/h4-6,12H,7H2,1-3H3. The number of rotatable bonds is 5. The summed E-state index contributed by atoms with van der Waals surface area (Å²) < 4.78 is 12.1. The van der Waals surface area contributed by atoms with Gasteiger partial charge in [-0.1, -0.05) is 0 Å². The molecule has 1 aromatic carbocycles. The summed E-state index contributed by atoms with van der Waals surface area (Å²) in [7, 11) is 5.03. The van der Waals surface area contributed by atoms with E-state index in [1.165, 1.54) is 0 Å². The Balaban J connectivity index is 2.41. The van der Waals surface area contributed by atoms with E-state index in [0.29, 0.717) is 18.0 Å². The largest absolute Gasteiger partial charge is 0.493 e. The van der Waals surface area contributed by atoms with Gasteiger partial charge in [0.15, 0.2) is 17.3 Å². The molecule has 1 heterocycles. The van der Waals surface area contributed by atoms with Crippen LogP contribution >= 0.6 is 0 Å². The molecule has 1 aromatic heterocycles. The van der Waals surface area contributed by atoms with Crippen molar-refractivity contribution in [1.29, 1.82) is 0 Å². The van der Waals surface area contributed by atoms with Crippen molar-refractivity contribution in [3.8, 4) is 17.2 Å². The number of hydrogen-bond acceptors (Lipinski definition) is 6. The number of methoxy groups -OCH3 is 2. The summed E-state index contributed by atoms with van der Waals surface area (Å²) in [4.78, 5) is 0. The molecule has 7 nitrogen and oxygen atoms in total. The highest BCUT2D eigenvalue weighted by Crippen LogP contribution is 2.28. The minimum Gasteiger partial charge on any atom is -0.493 e. The van der Waals surface area contributed by atoms with Crippen LogP contribution in [-0.2, 0) is 6.54 Å². The van der Waals surface area contributed by atoms with E-state index in [1.807, 2.05) is 25.2 Å². The average Bonchev–Trinajstić information content (AvgIpc) is 2.86. The number of nitrogens with one attached hydrogen (secondary N) is 1. The lowest BCUT2D eigenvalue weighted by Crippen LogP contribution is -2.12. The van der Waals surface area contributed by atoms with Gasteiger partial charge in [0.05, 0.1) is 26.5 Å². The Morgan fingerprint density at radius 2 is 2.00 bits per heavy atom. The summed E-state index contributed by atoms with van der Waals surface area (Å²) in [6.07, 6.45) is 0. The molecule has 7 heteroatoms. The molecule has 0 aliphatic heterocycles. The number of benzene rings is 1. The molecule has 0 bridgehead atoms. The van der Waals surface area contributed by atoms with Gasteiger partial charge in [0.25, 0.3) is 0 Å². The molecule has 0 atom stereocenters. The number of hydrogen-bond donors (Lipinski definition) is 1. The quantitative estimate of drug-likeness (QED) is 0.826. The van der Waals surface area contributed by atoms with Crippen LogP contribution in [-0.4, -0.2) is 41.5 Å². The van der Waals surface area contributed by atoms with Gasteiger partial charge in [-0.2, -0.15) is 4.68 Å². The van der Waals surface area contributed by atoms with Crippen LogP contribution in [0.5, 0.6) is 11.5 Å². The maximum Gasteiger partial charge on any atom is 0.170 e. The monoisotopic (exact) mass is 249 g/mol. The van der Waals surface area contributed by atoms with Crippen molar-refractivity contribution in [3.63, 3.8) is 0 Å². The average molecular weight is 249 g/mol. The van der Waals surface area contributed by atoms with Gasteiger partial charge in [-0.25, -0.2) is 0 Å². The van der Waals surface area contributed by atoms with Gasteiger partial charge < -0.3 is 14.8 Å². The van der Waals surface area contributed by atoms with Crippen LogP contribution in [0.25, 0.3) is 5.69 Å². The molecule has 0 saturated carbocycles. The zero-order chi connectivity index (χ0) is 13.0. The second-order valence-corrected chi connectivity index (χ2v) is 3.58. The Bertz CT molecular complexity index is 526. The predicted octanol–water partition coefficient (Wildman–Crippen LogP) is 0.399. The van der Waals surface area contributed by atoms with Crippen LogP contribution in [0.4, 0.5) is 0 Å². The van der Waals surface area contributed by atoms with E-state index >= 15 is 0 Å². The van der Waals surface area contributed by atoms with Crippen molar-refractivity contribution >= 4 is 0 Å². The second-order valence-electron chi connectivity index (χ2n) is 3.58. The van der Waals surface area contributed by atoms with Gasteiger partial charge >= 0.3 is 0 Å². The molecule has 2 aromatic rings. The minimum atomic E-state index is 0.585. The van der Waals surface area contributed by atoms with Crippen LogP contribution < -0.4 is 14.8 Å². The van der Waals surface area contributed by atoms with E-state index in [4.69, 9.17) is 9.47 Å². The third-order valence-electron chi connectivity index (χ3n) is 2.48. The van der Waals surface area contributed by atoms with Crippen molar-refractivity contribution in [2.45, 2.75) is 6.54 Å². The minimum absolute atomic E-state index is 0.585. The zero-order valence-electron chi connectivity index (χ0n) is 10.5. The summed E-state index contributed by atoms with van der Waals surface area (Å²) in [5, 5.41) is 14.6. The van der Waals surface area contributed by atoms with E-state index in [1.54, 1.807) is 18.9 Å². The van der Waals surface area contributed by atoms with E-state index in [-0.39, 0.29) is 0 Å². The topological polar surface area (TPSA) is 74.1 Å². The zero-order valence-corrected chi connectivity index (χ0v) is 10.5. The fourth-order valence-corrected chi connectivity index (χ4v) is 1.63. The Labute approximate surface area is 105 Å². The molecular weight excluding hydrogens is 234 g/mol. The molecule has 0 unspecified atom stereocenters. The Morgan fingerprint density at radius 1 is 1.22 bits per heavy atom. The first-order valence-corrected chi connectivity index (χ1v) is 5.44. The molecule has 1 N–H and O–H groups in total. The van der Waals surface area contributed by atoms with Gasteiger partial charge in [-0.15, -0.1) is 5.10 Å². The lowest BCUT2D eigenvalue weighted by molar-refractivity contribution is 0.354. The van der Waals surface area contributed by atoms with E-state index in [0.717, 1.165) is 11.5 Å². The molecule has 0 aliphatic rings. The maximum absolute atomic E-state index is 5.25. The van der Waals surface area contributed by atoms with Crippen molar-refractivity contribution in [2.75, 3.05) is 21.3 Å². The molecular formula is C11H15N5O2. The SMILES string of the molecule is CNCc1nnnn1-c1ccc(OC)c(OC)c1. The molecule has 0 aliphatic carbocycles. The van der Waals surface area contributed by atoms with Crippen molar-refractivity contribution < 1.29 is 9.47 Å². The second kappa shape index (κ2) is 5.46. The highest BCUT2D eigenvalue weighted by atomic mass is 16.5. The molecule has 0 amide bonds. The third kappa shape index (κ3) is 2.25. The number of aromatic nitrogens is 4. The van der Waals surface area contributed by atoms with Crippen LogP contribution in [0.15, 0.2) is 18.2 Å². The first-order valence-electron chi connectivity index (χ1n) is 5.44. The first-order chi connectivity index (χ1) is 8.80. The van der Waals surface area contributed by atoms with Crippen molar-refractivity contribution in [2.24, 2.45) is 0 Å². The van der Waals surface area contributed by atoms with Crippen molar-refractivity contribution in [3.05, 3.63) is 24.0 Å². The highest BCUT2D eigenvalue weighted by Gasteiger charge is 2.10. The van der Waals surface area contributed by atoms with E-state index < -0.39 is 0 Å². The molecule has 0 fully saturated rings. The number of ether oxygens (including phenoxy) is 2. The summed E-state index contributed by atoms with van der Waals surface area (Å²) in [5.41, 5.74) is 0.822. The van der Waals surface area contributed by atoms with E-state index in [2.05, 4.69) is 20.8 Å². The van der Waals surface area contributed by atoms with Gasteiger partial charge in [-0.3, -0.25) is 0 Å². The molecule has 0 saturated heterocycles. The lowest BCUT2D eigenvalue weighted by Gasteiger charge is -2.10. The van der Waals surface area contributed by atoms with Crippen LogP contribution in [0.2, 0.25) is 0 Å². The summed E-state index contributed by atoms with van der Waals surface area (Å²) >= 11 is 0. The van der Waals surface area contributed by atoms with Gasteiger partial charge in [0.1, 0.15) is 0 Å². The highest BCUT2D eigenvalue weighted by molar-refractivity contribution is 5.48. The number of tetrazole rings is 1. The lowest BCUT2D eigenvalue weighted by atomic mass is 10.2. The summed E-state index contributed by atoms with van der Waals surface area (Å²) in [6, 6.07) is 5.52. The Hall–Kier alpha value is -2.15. The van der Waals surface area contributed by atoms with Crippen LogP contribution in [0.1, 0.15) is 5.82 Å². The molecule has 18 heavy (non-hydrogen) atoms. The van der Waals surface area contributed by atoms with Crippen LogP contribution in [0, 0.1) is 0 Å². The normalized spacial score (nSPS) is 10.4. The van der Waals surface area contributed by atoms with Gasteiger partial charge in [0, 0.05) is 6.07 Å². The fourth-order valence-electron chi connectivity index (χ4n) is 1.63. The smallest absolute Gasteiger partial charge is 0.170 e. The Kier molecular flexibility index (Phi) is 3.73. The third-order valence-corrected chi connectivity index (χ3v) is 2.48. The van der Waals surface area contributed by atoms with E-state index in [9.17, 15) is 0 Å². The molecule has 0 spiro atoms. The first kappa shape index (κ1) is 12.3. The van der Waals surface area contributed by atoms with Crippen molar-refractivity contribution in [1.82, 2.24) is 25.5 Å². The Morgan fingerprint density at radius 3 is 2.67 bits per heavy atom. The van der Waals surface area contributed by atoms with Crippen LogP contribution in [0.3, 0.4) is 0 Å². The molecule has 0 radical (unpaired) electrons. The fraction of sp³-hybridized carbons (Fsp3) is 0.364. The molecule has 96 valence electrons. The maximum atomic E-state index is 5.25. The number of nitrogens with zero attached hydrogens (tertiary/aromatic N) is 4. The predicted molar refractivity (Wildman–Crippen MR) is 65.0 cm³/mol. The summed E-state index contributed by atoms with van der Waals surface area (Å²) in [5.74, 6) is 2.04. The molecule has 2 rings (SSSR count).